The van der Waals surface area contributed by atoms with Gasteiger partial charge < -0.3 is 40.6 Å². The van der Waals surface area contributed by atoms with Gasteiger partial charge >= 0.3 is 0 Å². The summed E-state index contributed by atoms with van der Waals surface area (Å²) < 4.78 is 0. The minimum Gasteiger partial charge on any atom is -0.544 e. The highest BCUT2D eigenvalue weighted by Gasteiger charge is 2.41. The fourth-order valence-electron chi connectivity index (χ4n) is 5.92. The number of carbonyl (C=O) groups is 2. The van der Waals surface area contributed by atoms with Crippen molar-refractivity contribution < 1.29 is 40.6 Å². The molecule has 0 aliphatic carbocycles. The molecular formula is C34H34N2O6. The van der Waals surface area contributed by atoms with Crippen LogP contribution in [-0.4, -0.2) is 59.5 Å². The predicted molar refractivity (Wildman–Crippen MR) is 152 cm³/mol. The number of aliphatic hydroxyl groups is 2. The van der Waals surface area contributed by atoms with Crippen LogP contribution in [0.25, 0.3) is 22.3 Å². The molecule has 4 aromatic rings. The SMILES string of the molecule is O=C([O-])[C@H]1[NH2+]C[C@@H](c2ccc(-c3ccccc3)cc2)[C@@H]1O.O=C([O-])[C@H]1[NH2+]C[C@@H](c2cccc(-c3ccccc3)c2)[C@@H]1O. The maximum atomic E-state index is 11.0. The third-order valence-electron chi connectivity index (χ3n) is 8.26. The highest BCUT2D eigenvalue weighted by molar-refractivity contribution is 5.71. The van der Waals surface area contributed by atoms with Crippen molar-refractivity contribution in [1.82, 2.24) is 0 Å². The second-order valence-electron chi connectivity index (χ2n) is 10.8. The van der Waals surface area contributed by atoms with E-state index in [4.69, 9.17) is 0 Å². The summed E-state index contributed by atoms with van der Waals surface area (Å²) >= 11 is 0. The van der Waals surface area contributed by atoms with Crippen LogP contribution >= 0.6 is 0 Å². The Labute approximate surface area is 244 Å². The van der Waals surface area contributed by atoms with Gasteiger partial charge in [0.05, 0.1) is 24.9 Å². The number of carboxylic acids is 2. The molecule has 8 heteroatoms. The number of nitrogens with two attached hydrogens (primary N) is 2. The van der Waals surface area contributed by atoms with Crippen molar-refractivity contribution in [3.63, 3.8) is 0 Å². The summed E-state index contributed by atoms with van der Waals surface area (Å²) in [5.41, 5.74) is 6.33. The average molecular weight is 567 g/mol. The normalized spacial score (nSPS) is 24.9. The molecule has 2 fully saturated rings. The Hall–Kier alpha value is -4.34. The number of hydrogen-bond donors (Lipinski definition) is 4. The molecule has 2 aliphatic rings. The Bertz CT molecular complexity index is 1500. The van der Waals surface area contributed by atoms with Gasteiger partial charge in [0.15, 0.2) is 12.1 Å². The van der Waals surface area contributed by atoms with Gasteiger partial charge in [-0.2, -0.15) is 0 Å². The van der Waals surface area contributed by atoms with E-state index < -0.39 is 36.2 Å². The molecule has 6 atom stereocenters. The molecule has 4 aromatic carbocycles. The average Bonchev–Trinajstić information content (AvgIpc) is 3.61. The smallest absolute Gasteiger partial charge is 0.153 e. The summed E-state index contributed by atoms with van der Waals surface area (Å²) in [6, 6.07) is 34.1. The molecule has 6 N–H and O–H groups in total. The lowest BCUT2D eigenvalue weighted by Crippen LogP contribution is -2.91. The number of hydrogen-bond acceptors (Lipinski definition) is 6. The highest BCUT2D eigenvalue weighted by Crippen LogP contribution is 2.28. The van der Waals surface area contributed by atoms with E-state index in [1.165, 1.54) is 0 Å². The zero-order valence-electron chi connectivity index (χ0n) is 23.0. The Morgan fingerprint density at radius 3 is 1.45 bits per heavy atom. The molecule has 0 radical (unpaired) electrons. The van der Waals surface area contributed by atoms with E-state index in [9.17, 15) is 30.0 Å². The van der Waals surface area contributed by atoms with Gasteiger partial charge in [-0.05, 0) is 33.4 Å². The van der Waals surface area contributed by atoms with Crippen molar-refractivity contribution >= 4 is 11.9 Å². The zero-order chi connectivity index (χ0) is 29.6. The Morgan fingerprint density at radius 2 is 0.976 bits per heavy atom. The lowest BCUT2D eigenvalue weighted by molar-refractivity contribution is -0.668. The van der Waals surface area contributed by atoms with E-state index in [1.54, 1.807) is 10.6 Å². The van der Waals surface area contributed by atoms with E-state index in [0.717, 1.165) is 33.4 Å². The van der Waals surface area contributed by atoms with Crippen LogP contribution < -0.4 is 20.8 Å². The van der Waals surface area contributed by atoms with E-state index in [2.05, 4.69) is 0 Å². The first-order chi connectivity index (χ1) is 20.3. The van der Waals surface area contributed by atoms with Gasteiger partial charge in [0, 0.05) is 0 Å². The number of carboxylic acid groups (broad SMARTS) is 2. The molecule has 6 rings (SSSR count). The molecule has 0 amide bonds. The van der Waals surface area contributed by atoms with Gasteiger partial charge in [0.2, 0.25) is 0 Å². The topological polar surface area (TPSA) is 154 Å². The summed E-state index contributed by atoms with van der Waals surface area (Å²) in [6.45, 7) is 1.11. The van der Waals surface area contributed by atoms with Crippen molar-refractivity contribution in [3.05, 3.63) is 120 Å². The number of rotatable bonds is 6. The van der Waals surface area contributed by atoms with E-state index in [0.29, 0.717) is 13.1 Å². The molecule has 216 valence electrons. The van der Waals surface area contributed by atoms with E-state index in [1.807, 2.05) is 109 Å². The minimum atomic E-state index is -1.20. The second kappa shape index (κ2) is 13.1. The first kappa shape index (κ1) is 29.2. The van der Waals surface area contributed by atoms with Crippen LogP contribution in [0.3, 0.4) is 0 Å². The van der Waals surface area contributed by atoms with Crippen LogP contribution in [0, 0.1) is 0 Å². The number of aliphatic carboxylic acids is 2. The maximum Gasteiger partial charge on any atom is 0.153 e. The van der Waals surface area contributed by atoms with Crippen LogP contribution in [-0.2, 0) is 9.59 Å². The Morgan fingerprint density at radius 1 is 0.548 bits per heavy atom. The molecule has 42 heavy (non-hydrogen) atoms. The van der Waals surface area contributed by atoms with Crippen molar-refractivity contribution in [3.8, 4) is 22.3 Å². The molecule has 0 bridgehead atoms. The first-order valence-electron chi connectivity index (χ1n) is 14.1. The van der Waals surface area contributed by atoms with Gasteiger partial charge in [0.1, 0.15) is 24.1 Å². The van der Waals surface area contributed by atoms with Gasteiger partial charge in [-0.1, -0.05) is 109 Å². The molecule has 0 spiro atoms. The predicted octanol–water partition coefficient (Wildman–Crippen LogP) is -1.01. The number of carbonyl (C=O) groups excluding carboxylic acids is 2. The number of quaternary nitrogens is 2. The molecule has 0 saturated carbocycles. The Kier molecular flexibility index (Phi) is 9.09. The second-order valence-corrected chi connectivity index (χ2v) is 10.8. The molecule has 0 unspecified atom stereocenters. The molecule has 0 aromatic heterocycles. The quantitative estimate of drug-likeness (QED) is 0.235. The van der Waals surface area contributed by atoms with Crippen molar-refractivity contribution in [2.45, 2.75) is 36.1 Å². The zero-order valence-corrected chi connectivity index (χ0v) is 23.0. The van der Waals surface area contributed by atoms with Crippen LogP contribution in [0.2, 0.25) is 0 Å². The van der Waals surface area contributed by atoms with Crippen LogP contribution in [0.4, 0.5) is 0 Å². The first-order valence-corrected chi connectivity index (χ1v) is 14.1. The fraction of sp³-hybridized carbons (Fsp3) is 0.235. The molecule has 8 nitrogen and oxygen atoms in total. The Balaban J connectivity index is 0.000000168. The van der Waals surface area contributed by atoms with E-state index >= 15 is 0 Å². The minimum absolute atomic E-state index is 0.169. The third kappa shape index (κ3) is 6.42. The largest absolute Gasteiger partial charge is 0.544 e. The summed E-state index contributed by atoms with van der Waals surface area (Å²) in [6.07, 6.45) is -1.82. The summed E-state index contributed by atoms with van der Waals surface area (Å²) in [4.78, 5) is 21.9. The lowest BCUT2D eigenvalue weighted by atomic mass is 9.91. The summed E-state index contributed by atoms with van der Waals surface area (Å²) in [5.74, 6) is -2.76. The third-order valence-corrected chi connectivity index (χ3v) is 8.26. The summed E-state index contributed by atoms with van der Waals surface area (Å²) in [5, 5.41) is 45.5. The molecular weight excluding hydrogens is 532 g/mol. The van der Waals surface area contributed by atoms with Gasteiger partial charge in [-0.15, -0.1) is 0 Å². The van der Waals surface area contributed by atoms with Gasteiger partial charge in [-0.3, -0.25) is 0 Å². The lowest BCUT2D eigenvalue weighted by Gasteiger charge is -2.16. The highest BCUT2D eigenvalue weighted by atomic mass is 16.4. The molecule has 2 aliphatic heterocycles. The number of benzene rings is 4. The van der Waals surface area contributed by atoms with Crippen LogP contribution in [0.5, 0.6) is 0 Å². The number of aliphatic hydroxyl groups excluding tert-OH is 2. The monoisotopic (exact) mass is 566 g/mol. The van der Waals surface area contributed by atoms with Crippen LogP contribution in [0.15, 0.2) is 109 Å². The fourth-order valence-corrected chi connectivity index (χ4v) is 5.92. The summed E-state index contributed by atoms with van der Waals surface area (Å²) in [7, 11) is 0. The van der Waals surface area contributed by atoms with E-state index in [-0.39, 0.29) is 11.8 Å². The molecule has 2 heterocycles. The standard InChI is InChI=1S/2C17H17NO3/c19-16-14(10-18-15(16)17(20)21)13-8-4-7-12(9-13)11-5-2-1-3-6-11;19-16-14(10-18-15(16)17(20)21)13-8-6-12(7-9-13)11-4-2-1-3-5-11/h2*1-9,14-16,18-19H,10H2,(H,20,21)/t2*14-,15-,16-/m00/s1. The molecule has 2 saturated heterocycles. The van der Waals surface area contributed by atoms with Crippen LogP contribution in [0.1, 0.15) is 23.0 Å². The van der Waals surface area contributed by atoms with Crippen molar-refractivity contribution in [2.24, 2.45) is 0 Å². The van der Waals surface area contributed by atoms with Gasteiger partial charge in [-0.25, -0.2) is 0 Å². The van der Waals surface area contributed by atoms with Crippen molar-refractivity contribution in [2.75, 3.05) is 13.1 Å². The van der Waals surface area contributed by atoms with Crippen molar-refractivity contribution in [1.29, 1.82) is 0 Å². The van der Waals surface area contributed by atoms with Gasteiger partial charge in [0.25, 0.3) is 0 Å². The maximum absolute atomic E-state index is 11.0.